The molecule has 13 aromatic carbocycles. The fourth-order valence-corrected chi connectivity index (χ4v) is 13.7. The molecule has 15 rings (SSSR count). The maximum atomic E-state index is 4.06. The van der Waals surface area contributed by atoms with Gasteiger partial charge in [0.15, 0.2) is 0 Å². The molecule has 0 bridgehead atoms. The minimum absolute atomic E-state index is 0.602. The Balaban J connectivity index is 0.934. The van der Waals surface area contributed by atoms with E-state index in [1.54, 1.807) is 0 Å². The van der Waals surface area contributed by atoms with Gasteiger partial charge in [0.25, 0.3) is 0 Å². The highest BCUT2D eigenvalue weighted by molar-refractivity contribution is 6.08. The van der Waals surface area contributed by atoms with Crippen LogP contribution in [0.25, 0.3) is 82.8 Å². The van der Waals surface area contributed by atoms with Crippen LogP contribution < -0.4 is 9.80 Å². The lowest BCUT2D eigenvalue weighted by Gasteiger charge is -2.32. The third-order valence-electron chi connectivity index (χ3n) is 17.3. The Morgan fingerprint density at radius 2 is 0.857 bits per heavy atom. The summed E-state index contributed by atoms with van der Waals surface area (Å²) in [7, 11) is 0. The van der Waals surface area contributed by atoms with Crippen LogP contribution in [0.15, 0.2) is 328 Å². The number of anilines is 6. The molecule has 0 aromatic heterocycles. The summed E-state index contributed by atoms with van der Waals surface area (Å²) < 4.78 is 0. The summed E-state index contributed by atoms with van der Waals surface area (Å²) in [4.78, 5) is 4.87. The zero-order chi connectivity index (χ0) is 56.1. The third kappa shape index (κ3) is 8.25. The van der Waals surface area contributed by atoms with E-state index in [4.69, 9.17) is 0 Å². The standard InChI is InChI=1S/C82H58N2/c1-3-24-56(25-4-2)60-42-48-80(73(52-60)58-28-12-6-13-29-58)84(66-34-18-9-19-35-66)68-45-47-69-63(50-68)41-46-72-75-54-62-40-44-67(51-64(62)55-78(75)82(81(69)72)76-38-22-20-36-70(76)71-37-21-23-39-77(71)82)83(65-32-16-8-17-33-65)79-49-43-61(57-26-10-5-11-27-57)53-74(79)59-30-14-7-15-31-59/h3-55H,1H2,2H3/b25-4-,56-24+. The Hall–Kier alpha value is -10.8. The molecule has 0 aliphatic heterocycles. The molecule has 396 valence electrons. The largest absolute Gasteiger partial charge is 0.310 e. The Bertz CT molecular complexity index is 4690. The minimum Gasteiger partial charge on any atom is -0.310 e. The van der Waals surface area contributed by atoms with Gasteiger partial charge in [0.05, 0.1) is 16.8 Å². The fraction of sp³-hybridized carbons (Fsp3) is 0.0244. The molecule has 2 nitrogen and oxygen atoms in total. The molecule has 2 aliphatic carbocycles. The van der Waals surface area contributed by atoms with Crippen molar-refractivity contribution in [1.82, 2.24) is 0 Å². The molecule has 0 saturated heterocycles. The molecule has 2 heteroatoms. The van der Waals surface area contributed by atoms with Gasteiger partial charge >= 0.3 is 0 Å². The van der Waals surface area contributed by atoms with E-state index >= 15 is 0 Å². The molecule has 0 heterocycles. The van der Waals surface area contributed by atoms with Crippen molar-refractivity contribution in [3.63, 3.8) is 0 Å². The number of fused-ring (bicyclic) bond motifs is 13. The van der Waals surface area contributed by atoms with E-state index in [1.165, 1.54) is 77.2 Å². The molecule has 84 heavy (non-hydrogen) atoms. The van der Waals surface area contributed by atoms with Crippen LogP contribution >= 0.6 is 0 Å². The second-order valence-electron chi connectivity index (χ2n) is 21.9. The fourth-order valence-electron chi connectivity index (χ4n) is 13.7. The highest BCUT2D eigenvalue weighted by atomic mass is 15.1. The molecular weight excluding hydrogens is 1010 g/mol. The number of benzene rings is 13. The van der Waals surface area contributed by atoms with Crippen LogP contribution in [0.2, 0.25) is 0 Å². The highest BCUT2D eigenvalue weighted by Gasteiger charge is 2.52. The minimum atomic E-state index is -0.602. The number of para-hydroxylation sites is 2. The number of rotatable bonds is 12. The maximum Gasteiger partial charge on any atom is 0.0731 e. The molecule has 0 unspecified atom stereocenters. The lowest BCUT2D eigenvalue weighted by molar-refractivity contribution is 0.802. The van der Waals surface area contributed by atoms with Crippen LogP contribution in [0.4, 0.5) is 34.1 Å². The van der Waals surface area contributed by atoms with Crippen molar-refractivity contribution in [3.8, 4) is 55.6 Å². The highest BCUT2D eigenvalue weighted by Crippen LogP contribution is 2.65. The van der Waals surface area contributed by atoms with Crippen molar-refractivity contribution in [1.29, 1.82) is 0 Å². The van der Waals surface area contributed by atoms with Gasteiger partial charge in [-0.3, -0.25) is 0 Å². The van der Waals surface area contributed by atoms with Crippen molar-refractivity contribution in [2.75, 3.05) is 9.80 Å². The third-order valence-corrected chi connectivity index (χ3v) is 17.3. The first-order valence-corrected chi connectivity index (χ1v) is 29.0. The number of nitrogens with zero attached hydrogens (tertiary/aromatic N) is 2. The smallest absolute Gasteiger partial charge is 0.0731 e. The van der Waals surface area contributed by atoms with Gasteiger partial charge in [0, 0.05) is 33.9 Å². The monoisotopic (exact) mass is 1070 g/mol. The molecule has 0 atom stereocenters. The van der Waals surface area contributed by atoms with Crippen LogP contribution in [-0.2, 0) is 5.41 Å². The lowest BCUT2D eigenvalue weighted by Crippen LogP contribution is -2.26. The van der Waals surface area contributed by atoms with Gasteiger partial charge in [-0.25, -0.2) is 0 Å². The van der Waals surface area contributed by atoms with E-state index in [1.807, 2.05) is 6.08 Å². The van der Waals surface area contributed by atoms with E-state index in [0.717, 1.165) is 67.5 Å². The van der Waals surface area contributed by atoms with Gasteiger partial charge < -0.3 is 9.80 Å². The predicted molar refractivity (Wildman–Crippen MR) is 356 cm³/mol. The van der Waals surface area contributed by atoms with Gasteiger partial charge in [-0.1, -0.05) is 243 Å². The summed E-state index contributed by atoms with van der Waals surface area (Å²) in [6.07, 6.45) is 8.20. The summed E-state index contributed by atoms with van der Waals surface area (Å²) in [5.41, 5.74) is 25.5. The predicted octanol–water partition coefficient (Wildman–Crippen LogP) is 22.4. The topological polar surface area (TPSA) is 6.48 Å². The zero-order valence-electron chi connectivity index (χ0n) is 46.7. The number of allylic oxidation sites excluding steroid dienone is 5. The van der Waals surface area contributed by atoms with Gasteiger partial charge in [0.2, 0.25) is 0 Å². The van der Waals surface area contributed by atoms with Gasteiger partial charge in [-0.05, 0) is 191 Å². The SMILES string of the molecule is C=C/C=C(\C=C/C)c1ccc(N(c2ccccc2)c2ccc3c4c(ccc3c2)-c2cc3ccc(N(c5ccccc5)c5ccc(-c6ccccc6)cc5-c5ccccc5)cc3cc2C42c3ccccc3-c3ccccc32)c(-c2ccccc2)c1. The average molecular weight is 1070 g/mol. The molecular formula is C82H58N2. The quantitative estimate of drug-likeness (QED) is 0.113. The number of hydrogen-bond donors (Lipinski definition) is 0. The van der Waals surface area contributed by atoms with E-state index in [-0.39, 0.29) is 0 Å². The van der Waals surface area contributed by atoms with Gasteiger partial charge in [-0.15, -0.1) is 0 Å². The van der Waals surface area contributed by atoms with Crippen LogP contribution in [0.1, 0.15) is 34.7 Å². The lowest BCUT2D eigenvalue weighted by atomic mass is 9.69. The molecule has 0 amide bonds. The van der Waals surface area contributed by atoms with E-state index < -0.39 is 5.41 Å². The first-order chi connectivity index (χ1) is 41.6. The van der Waals surface area contributed by atoms with E-state index in [2.05, 4.69) is 339 Å². The summed E-state index contributed by atoms with van der Waals surface area (Å²) in [5.74, 6) is 0. The summed E-state index contributed by atoms with van der Waals surface area (Å²) >= 11 is 0. The van der Waals surface area contributed by atoms with E-state index in [9.17, 15) is 0 Å². The van der Waals surface area contributed by atoms with Gasteiger partial charge in [-0.2, -0.15) is 0 Å². The maximum absolute atomic E-state index is 4.06. The molecule has 13 aromatic rings. The zero-order valence-corrected chi connectivity index (χ0v) is 46.7. The van der Waals surface area contributed by atoms with Crippen molar-refractivity contribution >= 4 is 61.2 Å². The van der Waals surface area contributed by atoms with Crippen LogP contribution in [-0.4, -0.2) is 0 Å². The molecule has 0 N–H and O–H groups in total. The number of hydrogen-bond acceptors (Lipinski definition) is 2. The normalized spacial score (nSPS) is 12.8. The summed E-state index contributed by atoms with van der Waals surface area (Å²) in [6.45, 7) is 6.12. The van der Waals surface area contributed by atoms with Crippen LogP contribution in [0, 0.1) is 0 Å². The average Bonchev–Trinajstić information content (AvgIpc) is 1.52. The van der Waals surface area contributed by atoms with Crippen molar-refractivity contribution < 1.29 is 0 Å². The molecule has 2 aliphatic rings. The van der Waals surface area contributed by atoms with E-state index in [0.29, 0.717) is 0 Å². The van der Waals surface area contributed by atoms with Crippen LogP contribution in [0.3, 0.4) is 0 Å². The van der Waals surface area contributed by atoms with Crippen molar-refractivity contribution in [2.45, 2.75) is 12.3 Å². The molecule has 0 saturated carbocycles. The second kappa shape index (κ2) is 20.9. The van der Waals surface area contributed by atoms with Gasteiger partial charge in [0.1, 0.15) is 0 Å². The summed E-state index contributed by atoms with van der Waals surface area (Å²) in [6, 6.07) is 110. The summed E-state index contributed by atoms with van der Waals surface area (Å²) in [5, 5.41) is 4.80. The Kier molecular flexibility index (Phi) is 12.5. The molecule has 1 spiro atoms. The Labute approximate surface area is 492 Å². The molecule has 0 fully saturated rings. The first-order valence-electron chi connectivity index (χ1n) is 29.0. The van der Waals surface area contributed by atoms with Crippen molar-refractivity contribution in [3.05, 3.63) is 356 Å². The second-order valence-corrected chi connectivity index (χ2v) is 21.9. The van der Waals surface area contributed by atoms with Crippen molar-refractivity contribution in [2.24, 2.45) is 0 Å². The molecule has 0 radical (unpaired) electrons. The Morgan fingerprint density at radius 1 is 0.345 bits per heavy atom. The first kappa shape index (κ1) is 50.2. The Morgan fingerprint density at radius 3 is 1.45 bits per heavy atom. The van der Waals surface area contributed by atoms with Crippen LogP contribution in [0.5, 0.6) is 0 Å².